The predicted octanol–water partition coefficient (Wildman–Crippen LogP) is 2.23. The normalized spacial score (nSPS) is 10.0. The number of nitrogen functional groups attached to an aromatic ring is 1. The van der Waals surface area contributed by atoms with Crippen molar-refractivity contribution in [3.8, 4) is 0 Å². The molecule has 0 fully saturated rings. The van der Waals surface area contributed by atoms with Crippen molar-refractivity contribution in [2.45, 2.75) is 45.2 Å². The molecule has 2 aromatic heterocycles. The Balaban J connectivity index is 0.000000277. The summed E-state index contributed by atoms with van der Waals surface area (Å²) >= 11 is 2.57. The topological polar surface area (TPSA) is 128 Å². The van der Waals surface area contributed by atoms with Crippen LogP contribution in [-0.2, 0) is 27.2 Å². The number of hydrogen-bond acceptors (Lipinski definition) is 9. The fraction of sp³-hybridized carbons (Fsp3) is 0.471. The number of ketones is 1. The molecule has 2 heterocycles. The molecular weight excluding hydrogens is 388 g/mol. The first kappa shape index (κ1) is 22.8. The summed E-state index contributed by atoms with van der Waals surface area (Å²) in [6, 6.07) is 1.50. The van der Waals surface area contributed by atoms with E-state index in [1.165, 1.54) is 36.1 Å². The van der Waals surface area contributed by atoms with E-state index in [2.05, 4.69) is 15.0 Å². The quantitative estimate of drug-likeness (QED) is 0.384. The van der Waals surface area contributed by atoms with Crippen LogP contribution in [0.5, 0.6) is 0 Å². The van der Waals surface area contributed by atoms with Crippen LogP contribution in [0.3, 0.4) is 0 Å². The molecule has 2 rings (SSSR count). The number of rotatable bonds is 8. The highest BCUT2D eigenvalue weighted by Crippen LogP contribution is 2.15. The molecule has 27 heavy (non-hydrogen) atoms. The van der Waals surface area contributed by atoms with E-state index in [4.69, 9.17) is 10.5 Å². The summed E-state index contributed by atoms with van der Waals surface area (Å²) in [6.45, 7) is 5.73. The summed E-state index contributed by atoms with van der Waals surface area (Å²) in [5, 5.41) is 1.01. The van der Waals surface area contributed by atoms with Crippen LogP contribution in [0, 0.1) is 0 Å². The van der Waals surface area contributed by atoms with Gasteiger partial charge in [0.2, 0.25) is 0 Å². The summed E-state index contributed by atoms with van der Waals surface area (Å²) in [4.78, 5) is 44.5. The van der Waals surface area contributed by atoms with Gasteiger partial charge >= 0.3 is 5.97 Å². The maximum absolute atomic E-state index is 11.2. The van der Waals surface area contributed by atoms with Crippen LogP contribution in [0.15, 0.2) is 22.2 Å². The number of thiazole rings is 1. The zero-order valence-electron chi connectivity index (χ0n) is 15.6. The molecule has 148 valence electrons. The van der Waals surface area contributed by atoms with Gasteiger partial charge in [-0.15, -0.1) is 11.3 Å². The number of carbonyl (C=O) groups is 2. The second-order valence-electron chi connectivity index (χ2n) is 5.43. The predicted molar refractivity (Wildman–Crippen MR) is 107 cm³/mol. The Kier molecular flexibility index (Phi) is 10.3. The van der Waals surface area contributed by atoms with E-state index >= 15 is 0 Å². The van der Waals surface area contributed by atoms with Gasteiger partial charge in [-0.2, -0.15) is 0 Å². The van der Waals surface area contributed by atoms with Crippen LogP contribution in [0.2, 0.25) is 0 Å². The van der Waals surface area contributed by atoms with E-state index in [1.807, 2.05) is 6.92 Å². The maximum Gasteiger partial charge on any atom is 0.311 e. The SMILES string of the molecule is CCCc1cc(=O)[nH]c(SCC(C)=O)n1.CCOC(=O)Cc1cnc(N)s1. The maximum atomic E-state index is 11.2. The fourth-order valence-electron chi connectivity index (χ4n) is 1.86. The van der Waals surface area contributed by atoms with Crippen molar-refractivity contribution in [3.63, 3.8) is 0 Å². The lowest BCUT2D eigenvalue weighted by Crippen LogP contribution is -2.10. The molecule has 0 radical (unpaired) electrons. The number of thioether (sulfide) groups is 1. The van der Waals surface area contributed by atoms with E-state index in [0.29, 0.717) is 22.6 Å². The highest BCUT2D eigenvalue weighted by Gasteiger charge is 2.06. The molecule has 0 atom stereocenters. The van der Waals surface area contributed by atoms with Gasteiger partial charge in [0.25, 0.3) is 5.56 Å². The molecular formula is C17H24N4O4S2. The van der Waals surface area contributed by atoms with Crippen molar-refractivity contribution in [2.75, 3.05) is 18.1 Å². The zero-order valence-corrected chi connectivity index (χ0v) is 17.2. The third-order valence-corrected chi connectivity index (χ3v) is 4.73. The third kappa shape index (κ3) is 9.90. The number of hydrogen-bond donors (Lipinski definition) is 2. The molecule has 0 saturated heterocycles. The van der Waals surface area contributed by atoms with Crippen molar-refractivity contribution in [1.29, 1.82) is 0 Å². The Hall–Kier alpha value is -2.20. The number of anilines is 1. The number of ether oxygens (including phenoxy) is 1. The molecule has 2 aromatic rings. The van der Waals surface area contributed by atoms with Crippen molar-refractivity contribution < 1.29 is 14.3 Å². The first-order chi connectivity index (χ1) is 12.8. The minimum absolute atomic E-state index is 0.0727. The molecule has 0 aliphatic carbocycles. The van der Waals surface area contributed by atoms with Crippen molar-refractivity contribution in [3.05, 3.63) is 33.2 Å². The average molecular weight is 413 g/mol. The third-order valence-electron chi connectivity index (χ3n) is 2.89. The highest BCUT2D eigenvalue weighted by atomic mass is 32.2. The minimum Gasteiger partial charge on any atom is -0.466 e. The van der Waals surface area contributed by atoms with Crippen molar-refractivity contribution in [2.24, 2.45) is 0 Å². The number of Topliss-reactive ketones (excluding diaryl/α,β-unsaturated/α-hetero) is 1. The number of nitrogens with zero attached hydrogens (tertiary/aromatic N) is 2. The number of H-pyrrole nitrogens is 1. The van der Waals surface area contributed by atoms with Crippen LogP contribution in [0.1, 0.15) is 37.8 Å². The van der Waals surface area contributed by atoms with Gasteiger partial charge in [0.1, 0.15) is 5.78 Å². The van der Waals surface area contributed by atoms with Crippen molar-refractivity contribution >= 4 is 40.0 Å². The molecule has 0 saturated carbocycles. The van der Waals surface area contributed by atoms with E-state index in [9.17, 15) is 14.4 Å². The van der Waals surface area contributed by atoms with Gasteiger partial charge in [-0.05, 0) is 20.3 Å². The van der Waals surface area contributed by atoms with Gasteiger partial charge in [-0.3, -0.25) is 14.4 Å². The minimum atomic E-state index is -0.235. The van der Waals surface area contributed by atoms with Crippen LogP contribution in [0.4, 0.5) is 5.13 Å². The second kappa shape index (κ2) is 12.2. The molecule has 8 nitrogen and oxygen atoms in total. The lowest BCUT2D eigenvalue weighted by Gasteiger charge is -2.01. The molecule has 0 spiro atoms. The Morgan fingerprint density at radius 2 is 2.11 bits per heavy atom. The van der Waals surface area contributed by atoms with Gasteiger partial charge in [-0.25, -0.2) is 9.97 Å². The summed E-state index contributed by atoms with van der Waals surface area (Å²) in [6.07, 6.45) is 3.60. The Labute approximate surface area is 166 Å². The largest absolute Gasteiger partial charge is 0.466 e. The molecule has 0 aliphatic heterocycles. The monoisotopic (exact) mass is 412 g/mol. The Morgan fingerprint density at radius 3 is 2.67 bits per heavy atom. The van der Waals surface area contributed by atoms with Gasteiger partial charge in [0.15, 0.2) is 10.3 Å². The summed E-state index contributed by atoms with van der Waals surface area (Å²) < 4.78 is 4.75. The second-order valence-corrected chi connectivity index (χ2v) is 7.54. The van der Waals surface area contributed by atoms with E-state index in [0.717, 1.165) is 23.4 Å². The lowest BCUT2D eigenvalue weighted by molar-refractivity contribution is -0.142. The summed E-state index contributed by atoms with van der Waals surface area (Å²) in [7, 11) is 0. The number of carbonyl (C=O) groups excluding carboxylic acids is 2. The molecule has 0 aromatic carbocycles. The summed E-state index contributed by atoms with van der Waals surface area (Å²) in [5.41, 5.74) is 6.01. The van der Waals surface area contributed by atoms with E-state index < -0.39 is 0 Å². The molecule has 0 unspecified atom stereocenters. The van der Waals surface area contributed by atoms with Crippen LogP contribution in [0.25, 0.3) is 0 Å². The Morgan fingerprint density at radius 1 is 1.37 bits per heavy atom. The smallest absolute Gasteiger partial charge is 0.311 e. The number of aryl methyl sites for hydroxylation is 1. The number of esters is 1. The van der Waals surface area contributed by atoms with Gasteiger partial charge in [-0.1, -0.05) is 25.1 Å². The van der Waals surface area contributed by atoms with Crippen LogP contribution in [-0.4, -0.2) is 39.1 Å². The number of aromatic nitrogens is 3. The number of nitrogens with two attached hydrogens (primary N) is 1. The first-order valence-corrected chi connectivity index (χ1v) is 10.2. The molecule has 3 N–H and O–H groups in total. The van der Waals surface area contributed by atoms with Crippen molar-refractivity contribution in [1.82, 2.24) is 15.0 Å². The number of nitrogens with one attached hydrogen (secondary N) is 1. The van der Waals surface area contributed by atoms with Crippen LogP contribution < -0.4 is 11.3 Å². The zero-order chi connectivity index (χ0) is 20.2. The Bertz CT molecular complexity index is 804. The highest BCUT2D eigenvalue weighted by molar-refractivity contribution is 7.99. The molecule has 0 aliphatic rings. The van der Waals surface area contributed by atoms with E-state index in [-0.39, 0.29) is 23.7 Å². The standard InChI is InChI=1S/C10H14N2O2S.C7H10N2O2S/c1-3-4-8-5-9(14)12-10(11-8)15-6-7(2)13;1-2-11-6(10)3-5-4-9-7(8)12-5/h5H,3-4,6H2,1-2H3,(H,11,12,14);4H,2-3H2,1H3,(H2,8,9). The van der Waals surface area contributed by atoms with Gasteiger partial charge in [0, 0.05) is 22.8 Å². The first-order valence-electron chi connectivity index (χ1n) is 8.42. The van der Waals surface area contributed by atoms with E-state index in [1.54, 1.807) is 13.1 Å². The molecule has 0 bridgehead atoms. The van der Waals surface area contributed by atoms with Gasteiger partial charge in [0.05, 0.1) is 18.8 Å². The lowest BCUT2D eigenvalue weighted by atomic mass is 10.2. The summed E-state index contributed by atoms with van der Waals surface area (Å²) in [5.74, 6) is 0.183. The van der Waals surface area contributed by atoms with Crippen LogP contribution >= 0.6 is 23.1 Å². The molecule has 10 heteroatoms. The molecule has 0 amide bonds. The van der Waals surface area contributed by atoms with Gasteiger partial charge < -0.3 is 15.5 Å². The average Bonchev–Trinajstić information content (AvgIpc) is 2.98. The number of aromatic amines is 1. The fourth-order valence-corrected chi connectivity index (χ4v) is 3.23.